The van der Waals surface area contributed by atoms with Crippen molar-refractivity contribution in [1.29, 1.82) is 0 Å². The van der Waals surface area contributed by atoms with Crippen molar-refractivity contribution in [2.24, 2.45) is 34.6 Å². The summed E-state index contributed by atoms with van der Waals surface area (Å²) in [7, 11) is 3.35. The third-order valence-corrected chi connectivity index (χ3v) is 5.18. The Hall–Kier alpha value is -4.34. The fourth-order valence-corrected chi connectivity index (χ4v) is 3.44. The number of para-hydroxylation sites is 2. The average Bonchev–Trinajstić information content (AvgIpc) is 3.20. The maximum Gasteiger partial charge on any atom is 0.265 e. The Morgan fingerprint density at radius 1 is 0.719 bits per heavy atom. The second-order valence-corrected chi connectivity index (χ2v) is 7.18. The fraction of sp³-hybridized carbons (Fsp3) is 0.182. The number of amides is 2. The van der Waals surface area contributed by atoms with E-state index < -0.39 is 11.8 Å². The minimum absolute atomic E-state index is 0.109. The summed E-state index contributed by atoms with van der Waals surface area (Å²) in [5.41, 5.74) is 1.88. The largest absolute Gasteiger partial charge is 0.493 e. The highest BCUT2D eigenvalue weighted by Gasteiger charge is 2.16. The zero-order chi connectivity index (χ0) is 22.8. The Morgan fingerprint density at radius 2 is 1.09 bits per heavy atom. The Kier molecular flexibility index (Phi) is 5.50. The highest BCUT2D eigenvalue weighted by molar-refractivity contribution is 5.96. The van der Waals surface area contributed by atoms with Gasteiger partial charge in [-0.3, -0.25) is 9.59 Å². The van der Waals surface area contributed by atoms with Crippen molar-refractivity contribution in [2.45, 2.75) is 12.8 Å². The Bertz CT molecular complexity index is 1310. The van der Waals surface area contributed by atoms with E-state index in [4.69, 9.17) is 0 Å². The van der Waals surface area contributed by atoms with E-state index in [1.54, 1.807) is 47.5 Å². The Balaban J connectivity index is 1.42. The summed E-state index contributed by atoms with van der Waals surface area (Å²) < 4.78 is 3.08. The van der Waals surface area contributed by atoms with Gasteiger partial charge in [-0.25, -0.2) is 0 Å². The number of nitrogens with zero attached hydrogens (tertiary/aromatic N) is 6. The molecule has 0 aliphatic rings. The van der Waals surface area contributed by atoms with E-state index in [1.165, 1.54) is 0 Å². The number of hydrogen-bond donors (Lipinski definition) is 2. The van der Waals surface area contributed by atoms with Crippen molar-refractivity contribution in [2.75, 3.05) is 0 Å². The molecule has 2 aromatic heterocycles. The monoisotopic (exact) mass is 432 g/mol. The molecule has 2 heterocycles. The summed E-state index contributed by atoms with van der Waals surface area (Å²) in [5.74, 6) is -1.48. The Morgan fingerprint density at radius 3 is 1.50 bits per heavy atom. The molecular formula is C22H20N6O4. The van der Waals surface area contributed by atoms with E-state index in [0.29, 0.717) is 10.8 Å². The summed E-state index contributed by atoms with van der Waals surface area (Å²) in [4.78, 5) is 24.1. The van der Waals surface area contributed by atoms with Crippen LogP contribution >= 0.6 is 0 Å². The van der Waals surface area contributed by atoms with E-state index >= 15 is 0 Å². The summed E-state index contributed by atoms with van der Waals surface area (Å²) in [5, 5.41) is 36.7. The van der Waals surface area contributed by atoms with Crippen molar-refractivity contribution in [1.82, 2.24) is 9.13 Å². The predicted octanol–water partition coefficient (Wildman–Crippen LogP) is 4.78. The number of azo groups is 2. The van der Waals surface area contributed by atoms with Gasteiger partial charge >= 0.3 is 0 Å². The number of hydrogen-bond acceptors (Lipinski definition) is 6. The molecule has 10 heteroatoms. The first-order valence-electron chi connectivity index (χ1n) is 9.80. The van der Waals surface area contributed by atoms with Gasteiger partial charge < -0.3 is 19.3 Å². The molecule has 4 rings (SSSR count). The quantitative estimate of drug-likeness (QED) is 0.439. The second kappa shape index (κ2) is 8.42. The lowest BCUT2D eigenvalue weighted by Crippen LogP contribution is -1.98. The van der Waals surface area contributed by atoms with Crippen LogP contribution in [-0.4, -0.2) is 31.2 Å². The van der Waals surface area contributed by atoms with Crippen LogP contribution < -0.4 is 0 Å². The van der Waals surface area contributed by atoms with Gasteiger partial charge in [-0.15, -0.1) is 20.5 Å². The molecular weight excluding hydrogens is 412 g/mol. The first-order chi connectivity index (χ1) is 15.4. The van der Waals surface area contributed by atoms with Gasteiger partial charge in [0.15, 0.2) is 11.4 Å². The molecule has 0 radical (unpaired) electrons. The summed E-state index contributed by atoms with van der Waals surface area (Å²) in [6, 6.07) is 14.4. The van der Waals surface area contributed by atoms with E-state index in [0.717, 1.165) is 11.0 Å². The number of rotatable bonds is 5. The molecule has 32 heavy (non-hydrogen) atoms. The number of carbonyl (C=O) groups is 2. The maximum atomic E-state index is 12.1. The predicted molar refractivity (Wildman–Crippen MR) is 117 cm³/mol. The molecule has 10 nitrogen and oxygen atoms in total. The van der Waals surface area contributed by atoms with Crippen LogP contribution in [0.1, 0.15) is 12.8 Å². The lowest BCUT2D eigenvalue weighted by molar-refractivity contribution is -0.123. The van der Waals surface area contributed by atoms with E-state index in [9.17, 15) is 19.8 Å². The van der Waals surface area contributed by atoms with Crippen LogP contribution in [0.15, 0.2) is 69.0 Å². The van der Waals surface area contributed by atoms with Gasteiger partial charge in [-0.05, 0) is 12.1 Å². The zero-order valence-electron chi connectivity index (χ0n) is 17.4. The molecule has 0 aliphatic carbocycles. The molecule has 0 saturated carbocycles. The van der Waals surface area contributed by atoms with Crippen molar-refractivity contribution in [3.8, 4) is 11.8 Å². The minimum atomic E-state index is -0.631. The SMILES string of the molecule is Cn1c(O)c(N=NC(=O)CCC(=O)N=Nc2c(O)n(C)c3ccccc23)c2ccccc21. The van der Waals surface area contributed by atoms with Crippen LogP contribution in [0, 0.1) is 0 Å². The maximum absolute atomic E-state index is 12.1. The van der Waals surface area contributed by atoms with Crippen LogP contribution in [0.3, 0.4) is 0 Å². The van der Waals surface area contributed by atoms with Crippen molar-refractivity contribution < 1.29 is 19.8 Å². The summed E-state index contributed by atoms with van der Waals surface area (Å²) >= 11 is 0. The lowest BCUT2D eigenvalue weighted by atomic mass is 10.2. The van der Waals surface area contributed by atoms with Gasteiger partial charge in [0, 0.05) is 37.7 Å². The first-order valence-corrected chi connectivity index (χ1v) is 9.80. The van der Waals surface area contributed by atoms with Gasteiger partial charge in [-0.2, -0.15) is 0 Å². The minimum Gasteiger partial charge on any atom is -0.493 e. The molecule has 2 N–H and O–H groups in total. The van der Waals surface area contributed by atoms with Crippen molar-refractivity contribution in [3.63, 3.8) is 0 Å². The summed E-state index contributed by atoms with van der Waals surface area (Å²) in [6.07, 6.45) is -0.428. The molecule has 2 amide bonds. The lowest BCUT2D eigenvalue weighted by Gasteiger charge is -1.95. The fourth-order valence-electron chi connectivity index (χ4n) is 3.44. The number of aryl methyl sites for hydroxylation is 2. The molecule has 0 spiro atoms. The molecule has 0 bridgehead atoms. The number of aromatic nitrogens is 2. The van der Waals surface area contributed by atoms with E-state index in [1.807, 2.05) is 24.3 Å². The van der Waals surface area contributed by atoms with Crippen molar-refractivity contribution in [3.05, 3.63) is 48.5 Å². The van der Waals surface area contributed by atoms with E-state index in [-0.39, 0.29) is 36.0 Å². The zero-order valence-corrected chi connectivity index (χ0v) is 17.4. The molecule has 0 fully saturated rings. The average molecular weight is 432 g/mol. The number of fused-ring (bicyclic) bond motifs is 2. The van der Waals surface area contributed by atoms with E-state index in [2.05, 4.69) is 20.5 Å². The molecule has 4 aromatic rings. The molecule has 162 valence electrons. The molecule has 2 aromatic carbocycles. The van der Waals surface area contributed by atoms with Crippen LogP contribution in [0.4, 0.5) is 11.4 Å². The van der Waals surface area contributed by atoms with Crippen LogP contribution in [0.2, 0.25) is 0 Å². The first kappa shape index (κ1) is 20.9. The normalized spacial score (nSPS) is 11.9. The number of carbonyl (C=O) groups excluding carboxylic acids is 2. The van der Waals surface area contributed by atoms with Gasteiger partial charge in [0.25, 0.3) is 11.8 Å². The second-order valence-electron chi connectivity index (χ2n) is 7.18. The smallest absolute Gasteiger partial charge is 0.265 e. The molecule has 0 atom stereocenters. The molecule has 0 saturated heterocycles. The Labute approximate surface area is 182 Å². The van der Waals surface area contributed by atoms with Crippen LogP contribution in [-0.2, 0) is 23.7 Å². The van der Waals surface area contributed by atoms with Crippen LogP contribution in [0.25, 0.3) is 21.8 Å². The third-order valence-electron chi connectivity index (χ3n) is 5.18. The topological polar surface area (TPSA) is 134 Å². The van der Waals surface area contributed by atoms with Gasteiger partial charge in [-0.1, -0.05) is 36.4 Å². The number of benzene rings is 2. The molecule has 0 unspecified atom stereocenters. The molecule has 0 aliphatic heterocycles. The van der Waals surface area contributed by atoms with Gasteiger partial charge in [0.05, 0.1) is 11.0 Å². The third kappa shape index (κ3) is 3.73. The van der Waals surface area contributed by atoms with Gasteiger partial charge in [0.1, 0.15) is 0 Å². The van der Waals surface area contributed by atoms with Gasteiger partial charge in [0.2, 0.25) is 11.8 Å². The van der Waals surface area contributed by atoms with Crippen LogP contribution in [0.5, 0.6) is 11.8 Å². The number of aromatic hydroxyl groups is 2. The van der Waals surface area contributed by atoms with Crippen molar-refractivity contribution >= 4 is 45.0 Å². The highest BCUT2D eigenvalue weighted by Crippen LogP contribution is 2.38. The highest BCUT2D eigenvalue weighted by atomic mass is 16.3. The standard InChI is InChI=1S/C22H20N6O4/c1-27-15-9-5-3-7-13(15)19(21(27)31)25-23-17(29)11-12-18(30)24-26-20-14-8-4-6-10-16(14)28(2)22(20)32/h3-10,31-32H,11-12H2,1-2H3. The summed E-state index contributed by atoms with van der Waals surface area (Å²) in [6.45, 7) is 0.